The van der Waals surface area contributed by atoms with Crippen LogP contribution in [0.3, 0.4) is 0 Å². The molecule has 2 aromatic carbocycles. The Labute approximate surface area is 213 Å². The molecule has 0 saturated heterocycles. The topological polar surface area (TPSA) is 157 Å². The molecular formula is C27H40N4O5. The van der Waals surface area contributed by atoms with Crippen LogP contribution in [0.25, 0.3) is 0 Å². The van der Waals surface area contributed by atoms with Gasteiger partial charge in [-0.1, -0.05) is 44.2 Å². The summed E-state index contributed by atoms with van der Waals surface area (Å²) in [6, 6.07) is 11.2. The standard InChI is InChI=1S/C27H40N4O5/c1-17(2)10-21(16-32)30-25(35)12-18-6-5-7-19(11-18)14-27(3,4)29-15-24(34)20-8-9-23(33)22(13-20)31-26(28)36/h5-9,11,13,17,21,24,29,32-34H,10,12,14-16H2,1-4H3,(H,30,35)(H3,28,31,36)/t21-,24-/m0/s1. The number of rotatable bonds is 13. The van der Waals surface area contributed by atoms with Crippen LogP contribution in [0.2, 0.25) is 0 Å². The van der Waals surface area contributed by atoms with Gasteiger partial charge in [0.15, 0.2) is 0 Å². The number of nitrogens with one attached hydrogen (secondary N) is 3. The SMILES string of the molecule is CC(C)C[C@@H](CO)NC(=O)Cc1cccc(CC(C)(C)NC[C@H](O)c2ccc(O)c(NC(N)=O)c2)c1. The second-order valence-corrected chi connectivity index (χ2v) is 10.3. The molecule has 8 N–H and O–H groups in total. The minimum atomic E-state index is -0.876. The average Bonchev–Trinajstić information content (AvgIpc) is 2.77. The maximum atomic E-state index is 12.5. The molecule has 0 fully saturated rings. The van der Waals surface area contributed by atoms with Crippen molar-refractivity contribution in [3.05, 3.63) is 59.2 Å². The first kappa shape index (κ1) is 29.1. The summed E-state index contributed by atoms with van der Waals surface area (Å²) in [6.45, 7) is 8.31. The van der Waals surface area contributed by atoms with E-state index in [2.05, 4.69) is 29.8 Å². The summed E-state index contributed by atoms with van der Waals surface area (Å²) in [5.74, 6) is 0.117. The first-order valence-electron chi connectivity index (χ1n) is 12.2. The lowest BCUT2D eigenvalue weighted by Gasteiger charge is -2.28. The van der Waals surface area contributed by atoms with Crippen LogP contribution in [0.15, 0.2) is 42.5 Å². The Hall–Kier alpha value is -3.14. The van der Waals surface area contributed by atoms with E-state index < -0.39 is 12.1 Å². The van der Waals surface area contributed by atoms with Gasteiger partial charge in [0.1, 0.15) is 5.75 Å². The van der Waals surface area contributed by atoms with Crippen LogP contribution in [0.5, 0.6) is 5.75 Å². The number of primary amides is 1. The number of carbonyl (C=O) groups excluding carboxylic acids is 2. The van der Waals surface area contributed by atoms with Crippen molar-refractivity contribution in [3.63, 3.8) is 0 Å². The number of hydrogen-bond acceptors (Lipinski definition) is 6. The van der Waals surface area contributed by atoms with E-state index in [4.69, 9.17) is 5.73 Å². The van der Waals surface area contributed by atoms with Gasteiger partial charge in [-0.05, 0) is 61.4 Å². The molecule has 0 aromatic heterocycles. The number of benzene rings is 2. The molecule has 9 heteroatoms. The van der Waals surface area contributed by atoms with E-state index in [1.54, 1.807) is 6.07 Å². The van der Waals surface area contributed by atoms with E-state index in [1.165, 1.54) is 12.1 Å². The molecular weight excluding hydrogens is 460 g/mol. The Morgan fingerprint density at radius 3 is 2.42 bits per heavy atom. The number of aromatic hydroxyl groups is 1. The molecule has 9 nitrogen and oxygen atoms in total. The number of urea groups is 1. The van der Waals surface area contributed by atoms with Gasteiger partial charge in [-0.3, -0.25) is 4.79 Å². The largest absolute Gasteiger partial charge is 0.506 e. The van der Waals surface area contributed by atoms with Gasteiger partial charge >= 0.3 is 6.03 Å². The molecule has 0 spiro atoms. The molecule has 0 radical (unpaired) electrons. The van der Waals surface area contributed by atoms with Crippen molar-refractivity contribution < 1.29 is 24.9 Å². The van der Waals surface area contributed by atoms with Crippen LogP contribution >= 0.6 is 0 Å². The first-order chi connectivity index (χ1) is 16.9. The minimum Gasteiger partial charge on any atom is -0.506 e. The molecule has 36 heavy (non-hydrogen) atoms. The van der Waals surface area contributed by atoms with Gasteiger partial charge in [0.2, 0.25) is 5.91 Å². The third-order valence-corrected chi connectivity index (χ3v) is 5.78. The molecule has 0 heterocycles. The lowest BCUT2D eigenvalue weighted by molar-refractivity contribution is -0.121. The van der Waals surface area contributed by atoms with Gasteiger partial charge in [0.05, 0.1) is 30.9 Å². The summed E-state index contributed by atoms with van der Waals surface area (Å²) in [5, 5.41) is 38.6. The number of β-amino-alcohol motifs (C(OH)–C–C–N with tert-alkyl or cyclic N) is 1. The number of phenols is 1. The lowest BCUT2D eigenvalue weighted by Crippen LogP contribution is -2.43. The maximum absolute atomic E-state index is 12.5. The molecule has 0 aliphatic rings. The summed E-state index contributed by atoms with van der Waals surface area (Å²) < 4.78 is 0. The highest BCUT2D eigenvalue weighted by Crippen LogP contribution is 2.27. The van der Waals surface area contributed by atoms with Crippen molar-refractivity contribution >= 4 is 17.6 Å². The van der Waals surface area contributed by atoms with Gasteiger partial charge < -0.3 is 37.0 Å². The number of hydrogen-bond donors (Lipinski definition) is 7. The third kappa shape index (κ3) is 9.85. The maximum Gasteiger partial charge on any atom is 0.316 e. The quantitative estimate of drug-likeness (QED) is 0.210. The van der Waals surface area contributed by atoms with E-state index in [9.17, 15) is 24.9 Å². The summed E-state index contributed by atoms with van der Waals surface area (Å²) in [4.78, 5) is 23.6. The number of nitrogens with two attached hydrogens (primary N) is 1. The highest BCUT2D eigenvalue weighted by Gasteiger charge is 2.21. The summed E-state index contributed by atoms with van der Waals surface area (Å²) >= 11 is 0. The molecule has 2 aromatic rings. The normalized spacial score (nSPS) is 13.3. The number of phenolic OH excluding ortho intramolecular Hbond substituents is 1. The summed E-state index contributed by atoms with van der Waals surface area (Å²) in [5.41, 5.74) is 7.34. The van der Waals surface area contributed by atoms with Gasteiger partial charge in [0, 0.05) is 12.1 Å². The molecule has 3 amide bonds. The zero-order valence-corrected chi connectivity index (χ0v) is 21.5. The zero-order valence-electron chi connectivity index (χ0n) is 21.5. The number of carbonyl (C=O) groups is 2. The lowest BCUT2D eigenvalue weighted by atomic mass is 9.93. The number of anilines is 1. The fourth-order valence-electron chi connectivity index (χ4n) is 4.12. The van der Waals surface area contributed by atoms with Crippen LogP contribution in [-0.2, 0) is 17.6 Å². The molecule has 0 aliphatic carbocycles. The Balaban J connectivity index is 1.96. The zero-order chi connectivity index (χ0) is 26.9. The predicted molar refractivity (Wildman–Crippen MR) is 141 cm³/mol. The van der Waals surface area contributed by atoms with Gasteiger partial charge in [-0.15, -0.1) is 0 Å². The predicted octanol–water partition coefficient (Wildman–Crippen LogP) is 2.59. The van der Waals surface area contributed by atoms with Crippen molar-refractivity contribution in [3.8, 4) is 5.75 Å². The van der Waals surface area contributed by atoms with Gasteiger partial charge in [-0.25, -0.2) is 4.79 Å². The Kier molecular flexibility index (Phi) is 10.7. The highest BCUT2D eigenvalue weighted by atomic mass is 16.3. The van der Waals surface area contributed by atoms with E-state index in [0.717, 1.165) is 17.5 Å². The van der Waals surface area contributed by atoms with Crippen molar-refractivity contribution in [1.29, 1.82) is 0 Å². The van der Waals surface area contributed by atoms with Crippen LogP contribution in [0.1, 0.15) is 56.9 Å². The minimum absolute atomic E-state index is 0.0806. The second-order valence-electron chi connectivity index (χ2n) is 10.3. The number of aliphatic hydroxyl groups excluding tert-OH is 2. The van der Waals surface area contributed by atoms with Crippen molar-refractivity contribution in [1.82, 2.24) is 10.6 Å². The monoisotopic (exact) mass is 500 g/mol. The third-order valence-electron chi connectivity index (χ3n) is 5.78. The van der Waals surface area contributed by atoms with Crippen LogP contribution in [-0.4, -0.2) is 52.0 Å². The molecule has 0 unspecified atom stereocenters. The fraction of sp³-hybridized carbons (Fsp3) is 0.481. The second kappa shape index (κ2) is 13.2. The van der Waals surface area contributed by atoms with E-state index in [-0.39, 0.29) is 48.5 Å². The van der Waals surface area contributed by atoms with Crippen LogP contribution in [0.4, 0.5) is 10.5 Å². The van der Waals surface area contributed by atoms with Crippen molar-refractivity contribution in [2.75, 3.05) is 18.5 Å². The fourth-order valence-corrected chi connectivity index (χ4v) is 4.12. The van der Waals surface area contributed by atoms with E-state index >= 15 is 0 Å². The smallest absolute Gasteiger partial charge is 0.316 e. The molecule has 0 aliphatic heterocycles. The summed E-state index contributed by atoms with van der Waals surface area (Å²) in [7, 11) is 0. The average molecular weight is 501 g/mol. The van der Waals surface area contributed by atoms with Crippen LogP contribution < -0.4 is 21.7 Å². The molecule has 198 valence electrons. The Bertz CT molecular complexity index is 1020. The van der Waals surface area contributed by atoms with Crippen molar-refractivity contribution in [2.24, 2.45) is 11.7 Å². The first-order valence-corrected chi connectivity index (χ1v) is 12.2. The number of amides is 3. The number of aliphatic hydroxyl groups is 2. The van der Waals surface area contributed by atoms with Gasteiger partial charge in [-0.2, -0.15) is 0 Å². The molecule has 2 rings (SSSR count). The van der Waals surface area contributed by atoms with E-state index in [1.807, 2.05) is 38.1 Å². The van der Waals surface area contributed by atoms with Crippen LogP contribution in [0, 0.1) is 5.92 Å². The Morgan fingerprint density at radius 1 is 1.08 bits per heavy atom. The molecule has 0 saturated carbocycles. The highest BCUT2D eigenvalue weighted by molar-refractivity contribution is 5.89. The van der Waals surface area contributed by atoms with Gasteiger partial charge in [0.25, 0.3) is 0 Å². The Morgan fingerprint density at radius 2 is 1.78 bits per heavy atom. The molecule has 0 bridgehead atoms. The molecule has 2 atom stereocenters. The van der Waals surface area contributed by atoms with Crippen molar-refractivity contribution in [2.45, 2.75) is 64.6 Å². The summed E-state index contributed by atoms with van der Waals surface area (Å²) in [6.07, 6.45) is 0.739. The van der Waals surface area contributed by atoms with E-state index in [0.29, 0.717) is 17.9 Å².